The first kappa shape index (κ1) is 13.1. The van der Waals surface area contributed by atoms with Gasteiger partial charge in [-0.25, -0.2) is 0 Å². The third-order valence-corrected chi connectivity index (χ3v) is 3.09. The third kappa shape index (κ3) is 2.73. The zero-order valence-corrected chi connectivity index (χ0v) is 10.9. The van der Waals surface area contributed by atoms with Gasteiger partial charge in [0, 0.05) is 18.1 Å². The number of aryl methyl sites for hydroxylation is 2. The van der Waals surface area contributed by atoms with Crippen LogP contribution in [0, 0.1) is 24.0 Å². The minimum Gasteiger partial charge on any atom is -0.507 e. The van der Waals surface area contributed by atoms with Crippen LogP contribution in [0.4, 0.5) is 5.69 Å². The van der Waals surface area contributed by atoms with E-state index in [0.29, 0.717) is 17.5 Å². The molecule has 4 heteroatoms. The first-order chi connectivity index (χ1) is 8.99. The van der Waals surface area contributed by atoms with Crippen molar-refractivity contribution in [3.8, 4) is 5.75 Å². The lowest BCUT2D eigenvalue weighted by molar-refractivity contribution is -0.385. The molecule has 0 unspecified atom stereocenters. The van der Waals surface area contributed by atoms with Crippen molar-refractivity contribution < 1.29 is 10.0 Å². The Morgan fingerprint density at radius 3 is 2.53 bits per heavy atom. The number of rotatable bonds is 3. The topological polar surface area (TPSA) is 63.4 Å². The standard InChI is InChI=1S/C15H15NO3/c1-10-7-11(2)15(17)13(8-10)9-12-5-3-4-6-14(12)16(18)19/h3-8,17H,9H2,1-2H3. The average molecular weight is 257 g/mol. The lowest BCUT2D eigenvalue weighted by Crippen LogP contribution is -1.97. The number of para-hydroxylation sites is 1. The van der Waals surface area contributed by atoms with Gasteiger partial charge < -0.3 is 5.11 Å². The van der Waals surface area contributed by atoms with Crippen LogP contribution in [0.2, 0.25) is 0 Å². The van der Waals surface area contributed by atoms with Gasteiger partial charge in [-0.3, -0.25) is 10.1 Å². The lowest BCUT2D eigenvalue weighted by Gasteiger charge is -2.09. The fourth-order valence-corrected chi connectivity index (χ4v) is 2.23. The SMILES string of the molecule is Cc1cc(C)c(O)c(Cc2ccccc2[N+](=O)[O-])c1. The lowest BCUT2D eigenvalue weighted by atomic mass is 9.98. The van der Waals surface area contributed by atoms with Crippen molar-refractivity contribution >= 4 is 5.69 Å². The van der Waals surface area contributed by atoms with Gasteiger partial charge >= 0.3 is 0 Å². The highest BCUT2D eigenvalue weighted by molar-refractivity contribution is 5.49. The molecule has 0 bridgehead atoms. The van der Waals surface area contributed by atoms with E-state index in [1.54, 1.807) is 18.2 Å². The highest BCUT2D eigenvalue weighted by Gasteiger charge is 2.15. The van der Waals surface area contributed by atoms with E-state index in [-0.39, 0.29) is 11.4 Å². The van der Waals surface area contributed by atoms with E-state index >= 15 is 0 Å². The summed E-state index contributed by atoms with van der Waals surface area (Å²) in [5.41, 5.74) is 3.22. The van der Waals surface area contributed by atoms with Crippen LogP contribution in [0.3, 0.4) is 0 Å². The number of nitrogens with zero attached hydrogens (tertiary/aromatic N) is 1. The minimum absolute atomic E-state index is 0.0843. The van der Waals surface area contributed by atoms with Gasteiger partial charge in [0.1, 0.15) is 5.75 Å². The molecule has 1 N–H and O–H groups in total. The van der Waals surface area contributed by atoms with Gasteiger partial charge in [-0.15, -0.1) is 0 Å². The molecule has 2 aromatic rings. The van der Waals surface area contributed by atoms with Gasteiger partial charge in [0.05, 0.1) is 4.92 Å². The Bertz CT molecular complexity index is 635. The Morgan fingerprint density at radius 2 is 1.84 bits per heavy atom. The molecule has 0 aliphatic carbocycles. The molecule has 0 atom stereocenters. The number of hydrogen-bond donors (Lipinski definition) is 1. The fraction of sp³-hybridized carbons (Fsp3) is 0.200. The smallest absolute Gasteiger partial charge is 0.272 e. The Labute approximate surface area is 111 Å². The second-order valence-electron chi connectivity index (χ2n) is 4.65. The second kappa shape index (κ2) is 5.10. The molecule has 0 fully saturated rings. The monoisotopic (exact) mass is 257 g/mol. The van der Waals surface area contributed by atoms with Crippen molar-refractivity contribution in [3.63, 3.8) is 0 Å². The molecule has 0 heterocycles. The molecule has 0 aliphatic heterocycles. The molecular weight excluding hydrogens is 242 g/mol. The summed E-state index contributed by atoms with van der Waals surface area (Å²) in [6.45, 7) is 3.76. The van der Waals surface area contributed by atoms with Gasteiger partial charge in [-0.1, -0.05) is 35.9 Å². The largest absolute Gasteiger partial charge is 0.507 e. The van der Waals surface area contributed by atoms with Gasteiger partial charge in [0.15, 0.2) is 0 Å². The maximum absolute atomic E-state index is 11.0. The van der Waals surface area contributed by atoms with Crippen LogP contribution in [0.5, 0.6) is 5.75 Å². The molecule has 98 valence electrons. The number of phenols is 1. The summed E-state index contributed by atoms with van der Waals surface area (Å²) in [5, 5.41) is 21.0. The van der Waals surface area contributed by atoms with Gasteiger partial charge in [0.25, 0.3) is 5.69 Å². The number of hydrogen-bond acceptors (Lipinski definition) is 3. The van der Waals surface area contributed by atoms with E-state index in [4.69, 9.17) is 0 Å². The van der Waals surface area contributed by atoms with Crippen molar-refractivity contribution in [3.05, 3.63) is 68.8 Å². The maximum atomic E-state index is 11.0. The number of nitro groups is 1. The predicted octanol–water partition coefficient (Wildman–Crippen LogP) is 3.51. The summed E-state index contributed by atoms with van der Waals surface area (Å²) in [6.07, 6.45) is 0.353. The van der Waals surface area contributed by atoms with Crippen LogP contribution in [0.1, 0.15) is 22.3 Å². The van der Waals surface area contributed by atoms with Crippen molar-refractivity contribution in [2.75, 3.05) is 0 Å². The summed E-state index contributed by atoms with van der Waals surface area (Å²) in [6, 6.07) is 10.4. The first-order valence-electron chi connectivity index (χ1n) is 6.00. The Hall–Kier alpha value is -2.36. The minimum atomic E-state index is -0.394. The van der Waals surface area contributed by atoms with Crippen molar-refractivity contribution in [2.45, 2.75) is 20.3 Å². The van der Waals surface area contributed by atoms with E-state index < -0.39 is 4.92 Å². The van der Waals surface area contributed by atoms with Crippen LogP contribution in [0.25, 0.3) is 0 Å². The summed E-state index contributed by atoms with van der Waals surface area (Å²) < 4.78 is 0. The number of benzene rings is 2. The van der Waals surface area contributed by atoms with Gasteiger partial charge in [-0.05, 0) is 25.0 Å². The number of phenolic OH excluding ortho intramolecular Hbond substituents is 1. The summed E-state index contributed by atoms with van der Waals surface area (Å²) in [4.78, 5) is 10.6. The Balaban J connectivity index is 2.45. The zero-order chi connectivity index (χ0) is 14.0. The summed E-state index contributed by atoms with van der Waals surface area (Å²) in [7, 11) is 0. The predicted molar refractivity (Wildman–Crippen MR) is 73.5 cm³/mol. The zero-order valence-electron chi connectivity index (χ0n) is 10.9. The highest BCUT2D eigenvalue weighted by Crippen LogP contribution is 2.28. The molecule has 2 rings (SSSR count). The number of aromatic hydroxyl groups is 1. The molecule has 0 saturated heterocycles. The van der Waals surface area contributed by atoms with E-state index in [1.807, 2.05) is 26.0 Å². The van der Waals surface area contributed by atoms with E-state index in [2.05, 4.69) is 0 Å². The van der Waals surface area contributed by atoms with Crippen LogP contribution < -0.4 is 0 Å². The molecule has 0 radical (unpaired) electrons. The summed E-state index contributed by atoms with van der Waals surface area (Å²) in [5.74, 6) is 0.212. The molecular formula is C15H15NO3. The molecule has 19 heavy (non-hydrogen) atoms. The van der Waals surface area contributed by atoms with E-state index in [0.717, 1.165) is 11.1 Å². The Morgan fingerprint density at radius 1 is 1.16 bits per heavy atom. The highest BCUT2D eigenvalue weighted by atomic mass is 16.6. The van der Waals surface area contributed by atoms with E-state index in [1.165, 1.54) is 6.07 Å². The molecule has 2 aromatic carbocycles. The quantitative estimate of drug-likeness (QED) is 0.676. The van der Waals surface area contributed by atoms with Crippen LogP contribution in [-0.4, -0.2) is 10.0 Å². The van der Waals surface area contributed by atoms with Crippen LogP contribution >= 0.6 is 0 Å². The van der Waals surface area contributed by atoms with E-state index in [9.17, 15) is 15.2 Å². The van der Waals surface area contributed by atoms with Crippen LogP contribution in [-0.2, 0) is 6.42 Å². The Kier molecular flexibility index (Phi) is 3.51. The second-order valence-corrected chi connectivity index (χ2v) is 4.65. The molecule has 0 spiro atoms. The normalized spacial score (nSPS) is 10.4. The molecule has 0 saturated carbocycles. The van der Waals surface area contributed by atoms with Crippen molar-refractivity contribution in [2.24, 2.45) is 0 Å². The molecule has 0 aromatic heterocycles. The summed E-state index contributed by atoms with van der Waals surface area (Å²) >= 11 is 0. The average Bonchev–Trinajstić information content (AvgIpc) is 2.35. The molecule has 0 amide bonds. The van der Waals surface area contributed by atoms with Gasteiger partial charge in [-0.2, -0.15) is 0 Å². The van der Waals surface area contributed by atoms with Crippen molar-refractivity contribution in [1.82, 2.24) is 0 Å². The first-order valence-corrected chi connectivity index (χ1v) is 6.00. The number of nitro benzene ring substituents is 1. The molecule has 4 nitrogen and oxygen atoms in total. The van der Waals surface area contributed by atoms with Crippen molar-refractivity contribution in [1.29, 1.82) is 0 Å². The third-order valence-electron chi connectivity index (χ3n) is 3.09. The fourth-order valence-electron chi connectivity index (χ4n) is 2.23. The molecule has 0 aliphatic rings. The van der Waals surface area contributed by atoms with Gasteiger partial charge in [0.2, 0.25) is 0 Å². The van der Waals surface area contributed by atoms with Crippen LogP contribution in [0.15, 0.2) is 36.4 Å². The maximum Gasteiger partial charge on any atom is 0.272 e.